The molecule has 1 atom stereocenters. The lowest BCUT2D eigenvalue weighted by Gasteiger charge is -2.32. The minimum absolute atomic E-state index is 0.0236. The number of nitrogens with one attached hydrogen (secondary N) is 2. The van der Waals surface area contributed by atoms with Gasteiger partial charge in [-0.1, -0.05) is 0 Å². The van der Waals surface area contributed by atoms with Gasteiger partial charge in [0.05, 0.1) is 0 Å². The molecule has 0 radical (unpaired) electrons. The van der Waals surface area contributed by atoms with Crippen molar-refractivity contribution in [2.75, 3.05) is 40.3 Å². The topological polar surface area (TPSA) is 102 Å². The summed E-state index contributed by atoms with van der Waals surface area (Å²) in [6.07, 6.45) is 1.76. The van der Waals surface area contributed by atoms with Crippen molar-refractivity contribution in [1.82, 2.24) is 20.4 Å². The Morgan fingerprint density at radius 1 is 1.24 bits per heavy atom. The minimum atomic E-state index is -0.825. The van der Waals surface area contributed by atoms with Gasteiger partial charge in [-0.3, -0.25) is 4.79 Å². The van der Waals surface area contributed by atoms with E-state index in [0.29, 0.717) is 26.2 Å². The van der Waals surface area contributed by atoms with Gasteiger partial charge in [0.1, 0.15) is 0 Å². The van der Waals surface area contributed by atoms with Gasteiger partial charge < -0.3 is 25.5 Å². The van der Waals surface area contributed by atoms with E-state index in [4.69, 9.17) is 5.11 Å². The zero-order chi connectivity index (χ0) is 15.8. The molecule has 4 amide bonds. The number of nitrogens with zero attached hydrogens (tertiary/aromatic N) is 2. The molecule has 0 aliphatic carbocycles. The van der Waals surface area contributed by atoms with E-state index in [1.54, 1.807) is 19.0 Å². The van der Waals surface area contributed by atoms with Crippen molar-refractivity contribution < 1.29 is 19.5 Å². The summed E-state index contributed by atoms with van der Waals surface area (Å²) >= 11 is 0. The number of aliphatic carboxylic acids is 1. The lowest BCUT2D eigenvalue weighted by atomic mass is 9.95. The number of hydrogen-bond acceptors (Lipinski definition) is 3. The van der Waals surface area contributed by atoms with E-state index in [-0.39, 0.29) is 24.4 Å². The fourth-order valence-corrected chi connectivity index (χ4v) is 2.27. The molecule has 21 heavy (non-hydrogen) atoms. The van der Waals surface area contributed by atoms with Crippen LogP contribution < -0.4 is 10.6 Å². The number of rotatable bonds is 5. The molecular weight excluding hydrogens is 276 g/mol. The monoisotopic (exact) mass is 300 g/mol. The van der Waals surface area contributed by atoms with Crippen LogP contribution in [-0.2, 0) is 4.79 Å². The highest BCUT2D eigenvalue weighted by atomic mass is 16.4. The van der Waals surface area contributed by atoms with E-state index in [2.05, 4.69) is 10.6 Å². The predicted octanol–water partition coefficient (Wildman–Crippen LogP) is 0.154. The molecule has 0 aromatic carbocycles. The van der Waals surface area contributed by atoms with Gasteiger partial charge in [0, 0.05) is 46.7 Å². The number of likely N-dealkylation sites (tertiary alicyclic amines) is 1. The molecule has 0 spiro atoms. The maximum absolute atomic E-state index is 12.0. The molecule has 1 saturated heterocycles. The molecule has 1 fully saturated rings. The molecule has 8 nitrogen and oxygen atoms in total. The normalized spacial score (nSPS) is 18.0. The second-order valence-corrected chi connectivity index (χ2v) is 5.41. The lowest BCUT2D eigenvalue weighted by Crippen LogP contribution is -2.48. The molecule has 0 aromatic rings. The van der Waals surface area contributed by atoms with Crippen molar-refractivity contribution in [2.45, 2.75) is 19.3 Å². The van der Waals surface area contributed by atoms with Crippen LogP contribution in [0.1, 0.15) is 19.3 Å². The first-order valence-electron chi connectivity index (χ1n) is 7.10. The highest BCUT2D eigenvalue weighted by Gasteiger charge is 2.24. The third-order valence-corrected chi connectivity index (χ3v) is 3.35. The number of carboxylic acids is 1. The number of carboxylic acid groups (broad SMARTS) is 1. The first-order valence-corrected chi connectivity index (χ1v) is 7.10. The average molecular weight is 300 g/mol. The molecule has 1 aliphatic rings. The molecule has 1 heterocycles. The van der Waals surface area contributed by atoms with Crippen LogP contribution in [0, 0.1) is 5.92 Å². The summed E-state index contributed by atoms with van der Waals surface area (Å²) in [5.41, 5.74) is 0. The van der Waals surface area contributed by atoms with Crippen molar-refractivity contribution in [3.63, 3.8) is 0 Å². The number of piperidine rings is 1. The smallest absolute Gasteiger partial charge is 0.317 e. The Kier molecular flexibility index (Phi) is 6.77. The fourth-order valence-electron chi connectivity index (χ4n) is 2.27. The van der Waals surface area contributed by atoms with Gasteiger partial charge in [0.15, 0.2) is 0 Å². The zero-order valence-electron chi connectivity index (χ0n) is 12.6. The van der Waals surface area contributed by atoms with Gasteiger partial charge in [0.2, 0.25) is 0 Å². The van der Waals surface area contributed by atoms with Crippen LogP contribution in [0.15, 0.2) is 0 Å². The Hall–Kier alpha value is -1.99. The highest BCUT2D eigenvalue weighted by molar-refractivity contribution is 5.75. The largest absolute Gasteiger partial charge is 0.481 e. The Morgan fingerprint density at radius 3 is 2.52 bits per heavy atom. The van der Waals surface area contributed by atoms with E-state index in [0.717, 1.165) is 12.8 Å². The van der Waals surface area contributed by atoms with Gasteiger partial charge in [-0.25, -0.2) is 9.59 Å². The Labute approximate surface area is 124 Å². The third-order valence-electron chi connectivity index (χ3n) is 3.35. The first-order chi connectivity index (χ1) is 9.90. The number of amides is 4. The van der Waals surface area contributed by atoms with Gasteiger partial charge >= 0.3 is 18.0 Å². The summed E-state index contributed by atoms with van der Waals surface area (Å²) in [5.74, 6) is -0.802. The molecule has 8 heteroatoms. The summed E-state index contributed by atoms with van der Waals surface area (Å²) in [5, 5.41) is 14.2. The van der Waals surface area contributed by atoms with Crippen LogP contribution >= 0.6 is 0 Å². The van der Waals surface area contributed by atoms with Gasteiger partial charge in [-0.05, 0) is 18.8 Å². The first kappa shape index (κ1) is 17.1. The molecule has 120 valence electrons. The van der Waals surface area contributed by atoms with E-state index in [9.17, 15) is 14.4 Å². The van der Waals surface area contributed by atoms with E-state index >= 15 is 0 Å². The van der Waals surface area contributed by atoms with E-state index < -0.39 is 5.97 Å². The molecule has 1 aliphatic heterocycles. The molecular formula is C13H24N4O4. The van der Waals surface area contributed by atoms with Crippen molar-refractivity contribution in [3.05, 3.63) is 0 Å². The van der Waals surface area contributed by atoms with Crippen molar-refractivity contribution in [2.24, 2.45) is 5.92 Å². The predicted molar refractivity (Wildman–Crippen MR) is 77.0 cm³/mol. The Morgan fingerprint density at radius 2 is 1.90 bits per heavy atom. The van der Waals surface area contributed by atoms with Crippen LogP contribution in [0.3, 0.4) is 0 Å². The van der Waals surface area contributed by atoms with E-state index in [1.165, 1.54) is 4.90 Å². The Bertz CT molecular complexity index is 386. The van der Waals surface area contributed by atoms with Gasteiger partial charge in [-0.15, -0.1) is 0 Å². The second kappa shape index (κ2) is 8.33. The van der Waals surface area contributed by atoms with Crippen LogP contribution in [0.2, 0.25) is 0 Å². The summed E-state index contributed by atoms with van der Waals surface area (Å²) in [4.78, 5) is 37.0. The van der Waals surface area contributed by atoms with Crippen molar-refractivity contribution >= 4 is 18.0 Å². The standard InChI is InChI=1S/C13H24N4O4/c1-16(2)12(20)14-5-6-15-13(21)17-7-3-4-10(9-17)8-11(18)19/h10H,3-9H2,1-2H3,(H,14,20)(H,15,21)(H,18,19). The summed E-state index contributed by atoms with van der Waals surface area (Å²) in [6.45, 7) is 1.82. The highest BCUT2D eigenvalue weighted by Crippen LogP contribution is 2.19. The average Bonchev–Trinajstić information content (AvgIpc) is 2.42. The molecule has 0 bridgehead atoms. The number of carbonyl (C=O) groups excluding carboxylic acids is 2. The molecule has 0 saturated carbocycles. The summed E-state index contributed by atoms with van der Waals surface area (Å²) < 4.78 is 0. The molecule has 1 unspecified atom stereocenters. The van der Waals surface area contributed by atoms with Crippen LogP contribution in [-0.4, -0.2) is 73.2 Å². The number of hydrogen-bond donors (Lipinski definition) is 3. The Balaban J connectivity index is 2.25. The lowest BCUT2D eigenvalue weighted by molar-refractivity contribution is -0.138. The third kappa shape index (κ3) is 6.33. The quantitative estimate of drug-likeness (QED) is 0.629. The number of urea groups is 2. The van der Waals surface area contributed by atoms with Crippen molar-refractivity contribution in [1.29, 1.82) is 0 Å². The van der Waals surface area contributed by atoms with Crippen LogP contribution in [0.4, 0.5) is 9.59 Å². The van der Waals surface area contributed by atoms with Crippen LogP contribution in [0.5, 0.6) is 0 Å². The second-order valence-electron chi connectivity index (χ2n) is 5.41. The summed E-state index contributed by atoms with van der Waals surface area (Å²) in [6, 6.07) is -0.409. The van der Waals surface area contributed by atoms with Crippen molar-refractivity contribution in [3.8, 4) is 0 Å². The minimum Gasteiger partial charge on any atom is -0.481 e. The summed E-state index contributed by atoms with van der Waals surface area (Å²) in [7, 11) is 3.29. The number of carbonyl (C=O) groups is 3. The van der Waals surface area contributed by atoms with E-state index in [1.807, 2.05) is 0 Å². The fraction of sp³-hybridized carbons (Fsp3) is 0.769. The molecule has 0 aromatic heterocycles. The van der Waals surface area contributed by atoms with Gasteiger partial charge in [0.25, 0.3) is 0 Å². The zero-order valence-corrected chi connectivity index (χ0v) is 12.6. The van der Waals surface area contributed by atoms with Gasteiger partial charge in [-0.2, -0.15) is 0 Å². The molecule has 1 rings (SSSR count). The SMILES string of the molecule is CN(C)C(=O)NCCNC(=O)N1CCCC(CC(=O)O)C1. The maximum Gasteiger partial charge on any atom is 0.317 e. The molecule has 3 N–H and O–H groups in total. The maximum atomic E-state index is 12.0. The van der Waals surface area contributed by atoms with Crippen LogP contribution in [0.25, 0.3) is 0 Å².